The van der Waals surface area contributed by atoms with Crippen LogP contribution in [0.3, 0.4) is 0 Å². The van der Waals surface area contributed by atoms with Crippen molar-refractivity contribution in [1.82, 2.24) is 15.5 Å². The van der Waals surface area contributed by atoms with E-state index in [0.29, 0.717) is 12.1 Å². The van der Waals surface area contributed by atoms with Gasteiger partial charge in [-0.25, -0.2) is 4.79 Å². The van der Waals surface area contributed by atoms with E-state index in [1.165, 1.54) is 0 Å². The van der Waals surface area contributed by atoms with Crippen LogP contribution in [-0.4, -0.2) is 47.3 Å². The summed E-state index contributed by atoms with van der Waals surface area (Å²) in [6.45, 7) is 5.18. The minimum atomic E-state index is -0.893. The number of urea groups is 1. The largest absolute Gasteiger partial charge is 0.345 e. The Morgan fingerprint density at radius 2 is 1.97 bits per heavy atom. The number of nitrogens with one attached hydrogen (secondary N) is 3. The van der Waals surface area contributed by atoms with E-state index in [1.54, 1.807) is 6.07 Å². The molecule has 8 nitrogen and oxygen atoms in total. The van der Waals surface area contributed by atoms with Gasteiger partial charge in [-0.2, -0.15) is 0 Å². The van der Waals surface area contributed by atoms with Crippen molar-refractivity contribution in [2.45, 2.75) is 52.0 Å². The fourth-order valence-corrected chi connectivity index (χ4v) is 4.10. The summed E-state index contributed by atoms with van der Waals surface area (Å²) in [4.78, 5) is 50.6. The molecule has 1 spiro atoms. The van der Waals surface area contributed by atoms with Crippen LogP contribution in [0.2, 0.25) is 0 Å². The van der Waals surface area contributed by atoms with Crippen LogP contribution in [0.25, 0.3) is 0 Å². The number of hydrogen-bond donors (Lipinski definition) is 3. The zero-order valence-electron chi connectivity index (χ0n) is 17.1. The van der Waals surface area contributed by atoms with Crippen LogP contribution in [0.4, 0.5) is 10.5 Å². The first-order valence-corrected chi connectivity index (χ1v) is 10.0. The molecular weight excluding hydrogens is 372 g/mol. The summed E-state index contributed by atoms with van der Waals surface area (Å²) in [6, 6.07) is 5.04. The normalized spacial score (nSPS) is 23.8. The Labute approximate surface area is 170 Å². The molecule has 2 aliphatic rings. The molecule has 1 aliphatic heterocycles. The van der Waals surface area contributed by atoms with E-state index >= 15 is 0 Å². The van der Waals surface area contributed by atoms with Crippen LogP contribution in [0, 0.1) is 19.8 Å². The fourth-order valence-electron chi connectivity index (χ4n) is 4.10. The van der Waals surface area contributed by atoms with E-state index in [4.69, 9.17) is 0 Å². The first-order chi connectivity index (χ1) is 13.7. The molecule has 1 heterocycles. The van der Waals surface area contributed by atoms with Gasteiger partial charge in [0, 0.05) is 5.69 Å². The van der Waals surface area contributed by atoms with E-state index in [0.717, 1.165) is 35.3 Å². The Bertz CT molecular complexity index is 853. The molecule has 156 valence electrons. The molecular formula is C21H28N4O4. The average molecular weight is 400 g/mol. The van der Waals surface area contributed by atoms with Crippen molar-refractivity contribution in [3.8, 4) is 0 Å². The highest BCUT2D eigenvalue weighted by atomic mass is 16.2. The quantitative estimate of drug-likeness (QED) is 0.656. The van der Waals surface area contributed by atoms with Gasteiger partial charge in [0.15, 0.2) is 0 Å². The van der Waals surface area contributed by atoms with Crippen LogP contribution in [0.5, 0.6) is 0 Å². The Balaban J connectivity index is 1.54. The second-order valence-corrected chi connectivity index (χ2v) is 8.01. The SMILES string of the molecule is Cc1cccc(NC(=O)CNC(=O)CN2C(=O)N[C@]3(CCCC[C@H]3C)C2=O)c1C. The van der Waals surface area contributed by atoms with Crippen molar-refractivity contribution >= 4 is 29.4 Å². The summed E-state index contributed by atoms with van der Waals surface area (Å²) in [6.07, 6.45) is 3.36. The van der Waals surface area contributed by atoms with Gasteiger partial charge in [-0.05, 0) is 49.8 Å². The molecule has 0 unspecified atom stereocenters. The minimum absolute atomic E-state index is 0.0316. The van der Waals surface area contributed by atoms with E-state index in [1.807, 2.05) is 32.9 Å². The summed E-state index contributed by atoms with van der Waals surface area (Å²) < 4.78 is 0. The summed E-state index contributed by atoms with van der Waals surface area (Å²) in [5, 5.41) is 8.05. The number of carbonyl (C=O) groups is 4. The highest BCUT2D eigenvalue weighted by molar-refractivity contribution is 6.09. The van der Waals surface area contributed by atoms with Crippen LogP contribution in [0.15, 0.2) is 18.2 Å². The third-order valence-electron chi connectivity index (χ3n) is 6.13. The molecule has 1 aromatic carbocycles. The van der Waals surface area contributed by atoms with Crippen LogP contribution in [-0.2, 0) is 14.4 Å². The standard InChI is InChI=1S/C21H28N4O4/c1-13-7-6-9-16(15(13)3)23-17(26)11-22-18(27)12-25-19(28)21(24-20(25)29)10-5-4-8-14(21)2/h6-7,9,14H,4-5,8,10-12H2,1-3H3,(H,22,27)(H,23,26)(H,24,29)/t14-,21+/m1/s1. The minimum Gasteiger partial charge on any atom is -0.345 e. The van der Waals surface area contributed by atoms with Gasteiger partial charge < -0.3 is 16.0 Å². The lowest BCUT2D eigenvalue weighted by atomic mass is 9.73. The van der Waals surface area contributed by atoms with Crippen LogP contribution >= 0.6 is 0 Å². The summed E-state index contributed by atoms with van der Waals surface area (Å²) in [5.41, 5.74) is 1.80. The van der Waals surface area contributed by atoms with Crippen molar-refractivity contribution in [1.29, 1.82) is 0 Å². The smallest absolute Gasteiger partial charge is 0.325 e. The molecule has 3 rings (SSSR count). The lowest BCUT2D eigenvalue weighted by molar-refractivity contribution is -0.137. The molecule has 1 saturated carbocycles. The zero-order valence-corrected chi connectivity index (χ0v) is 17.1. The number of rotatable bonds is 5. The molecule has 29 heavy (non-hydrogen) atoms. The number of carbonyl (C=O) groups excluding carboxylic acids is 4. The predicted molar refractivity (Wildman–Crippen MR) is 108 cm³/mol. The number of aryl methyl sites for hydroxylation is 1. The van der Waals surface area contributed by atoms with Crippen molar-refractivity contribution < 1.29 is 19.2 Å². The molecule has 8 heteroatoms. The van der Waals surface area contributed by atoms with Gasteiger partial charge in [-0.3, -0.25) is 19.3 Å². The molecule has 5 amide bonds. The summed E-state index contributed by atoms with van der Waals surface area (Å²) in [7, 11) is 0. The second kappa shape index (κ2) is 8.23. The van der Waals surface area contributed by atoms with E-state index in [-0.39, 0.29) is 24.3 Å². The summed E-state index contributed by atoms with van der Waals surface area (Å²) >= 11 is 0. The maximum Gasteiger partial charge on any atom is 0.325 e. The first kappa shape index (κ1) is 20.8. The molecule has 1 saturated heterocycles. The third-order valence-corrected chi connectivity index (χ3v) is 6.13. The van der Waals surface area contributed by atoms with Gasteiger partial charge in [0.2, 0.25) is 11.8 Å². The Morgan fingerprint density at radius 3 is 2.69 bits per heavy atom. The van der Waals surface area contributed by atoms with E-state index in [9.17, 15) is 19.2 Å². The number of imide groups is 1. The average Bonchev–Trinajstić information content (AvgIpc) is 2.91. The van der Waals surface area contributed by atoms with Crippen molar-refractivity contribution in [3.05, 3.63) is 29.3 Å². The number of amides is 5. The van der Waals surface area contributed by atoms with Crippen molar-refractivity contribution in [3.63, 3.8) is 0 Å². The fraction of sp³-hybridized carbons (Fsp3) is 0.524. The molecule has 1 aliphatic carbocycles. The molecule has 0 aromatic heterocycles. The van der Waals surface area contributed by atoms with Crippen LogP contribution < -0.4 is 16.0 Å². The molecule has 1 aromatic rings. The number of anilines is 1. The highest BCUT2D eigenvalue weighted by Gasteiger charge is 2.55. The highest BCUT2D eigenvalue weighted by Crippen LogP contribution is 2.38. The zero-order chi connectivity index (χ0) is 21.2. The first-order valence-electron chi connectivity index (χ1n) is 10.0. The lowest BCUT2D eigenvalue weighted by Crippen LogP contribution is -2.54. The molecule has 0 bridgehead atoms. The molecule has 3 N–H and O–H groups in total. The lowest BCUT2D eigenvalue weighted by Gasteiger charge is -2.36. The van der Waals surface area contributed by atoms with E-state index in [2.05, 4.69) is 16.0 Å². The van der Waals surface area contributed by atoms with Gasteiger partial charge in [0.1, 0.15) is 12.1 Å². The van der Waals surface area contributed by atoms with Gasteiger partial charge in [-0.15, -0.1) is 0 Å². The summed E-state index contributed by atoms with van der Waals surface area (Å²) in [5.74, 6) is -1.24. The third kappa shape index (κ3) is 4.11. The molecule has 0 radical (unpaired) electrons. The molecule has 2 atom stereocenters. The number of benzene rings is 1. The maximum atomic E-state index is 12.9. The Hall–Kier alpha value is -2.90. The Kier molecular flexibility index (Phi) is 5.91. The predicted octanol–water partition coefficient (Wildman–Crippen LogP) is 1.86. The van der Waals surface area contributed by atoms with Gasteiger partial charge in [0.05, 0.1) is 6.54 Å². The second-order valence-electron chi connectivity index (χ2n) is 8.01. The Morgan fingerprint density at radius 1 is 1.21 bits per heavy atom. The monoisotopic (exact) mass is 400 g/mol. The topological polar surface area (TPSA) is 108 Å². The van der Waals surface area contributed by atoms with Crippen molar-refractivity contribution in [2.24, 2.45) is 5.92 Å². The van der Waals surface area contributed by atoms with Gasteiger partial charge in [-0.1, -0.05) is 31.9 Å². The van der Waals surface area contributed by atoms with Gasteiger partial charge in [0.25, 0.3) is 5.91 Å². The van der Waals surface area contributed by atoms with E-state index < -0.39 is 24.0 Å². The molecule has 2 fully saturated rings. The van der Waals surface area contributed by atoms with Gasteiger partial charge >= 0.3 is 6.03 Å². The van der Waals surface area contributed by atoms with Crippen LogP contribution in [0.1, 0.15) is 43.7 Å². The van der Waals surface area contributed by atoms with Crippen molar-refractivity contribution in [2.75, 3.05) is 18.4 Å². The number of hydrogen-bond acceptors (Lipinski definition) is 4. The maximum absolute atomic E-state index is 12.9. The number of nitrogens with zero attached hydrogens (tertiary/aromatic N) is 1.